The Morgan fingerprint density at radius 3 is 2.52 bits per heavy atom. The Morgan fingerprint density at radius 2 is 1.83 bits per heavy atom. The van der Waals surface area contributed by atoms with Crippen LogP contribution >= 0.6 is 0 Å². The van der Waals surface area contributed by atoms with E-state index in [2.05, 4.69) is 5.32 Å². The number of methoxy groups -OCH3 is 1. The molecular weight excluding hydrogens is 370 g/mol. The van der Waals surface area contributed by atoms with Gasteiger partial charge in [0.05, 0.1) is 23.2 Å². The van der Waals surface area contributed by atoms with Crippen molar-refractivity contribution in [2.75, 3.05) is 20.3 Å². The Labute approximate surface area is 168 Å². The van der Waals surface area contributed by atoms with E-state index in [0.717, 1.165) is 15.7 Å². The lowest BCUT2D eigenvalue weighted by Crippen LogP contribution is -2.44. The minimum absolute atomic E-state index is 0.320. The number of amides is 1. The first-order valence-electron chi connectivity index (χ1n) is 9.47. The van der Waals surface area contributed by atoms with Crippen LogP contribution in [0.15, 0.2) is 52.1 Å². The van der Waals surface area contributed by atoms with Crippen LogP contribution < -0.4 is 16.6 Å². The van der Waals surface area contributed by atoms with E-state index in [4.69, 9.17) is 4.74 Å². The number of carbonyl (C=O) groups excluding carboxylic acids is 1. The maximum atomic E-state index is 13.4. The third kappa shape index (κ3) is 3.86. The van der Waals surface area contributed by atoms with E-state index in [1.807, 2.05) is 19.9 Å². The second-order valence-corrected chi connectivity index (χ2v) is 7.04. The molecule has 3 rings (SSSR count). The zero-order chi connectivity index (χ0) is 21.1. The molecule has 1 heterocycles. The quantitative estimate of drug-likeness (QED) is 0.648. The van der Waals surface area contributed by atoms with Gasteiger partial charge < -0.3 is 10.1 Å². The van der Waals surface area contributed by atoms with Gasteiger partial charge in [0, 0.05) is 13.7 Å². The van der Waals surface area contributed by atoms with Crippen molar-refractivity contribution >= 4 is 16.8 Å². The molecule has 0 aliphatic carbocycles. The number of nitrogens with zero attached hydrogens (tertiary/aromatic N) is 2. The summed E-state index contributed by atoms with van der Waals surface area (Å²) < 4.78 is 7.46. The molecule has 0 fully saturated rings. The Morgan fingerprint density at radius 1 is 1.10 bits per heavy atom. The molecule has 1 amide bonds. The first-order valence-corrected chi connectivity index (χ1v) is 9.47. The molecule has 0 radical (unpaired) electrons. The Balaban J connectivity index is 2.24. The minimum Gasteiger partial charge on any atom is -0.383 e. The van der Waals surface area contributed by atoms with Crippen molar-refractivity contribution in [1.29, 1.82) is 0 Å². The molecule has 1 atom stereocenters. The van der Waals surface area contributed by atoms with E-state index in [-0.39, 0.29) is 5.91 Å². The lowest BCUT2D eigenvalue weighted by atomic mass is 10.1. The molecule has 0 saturated carbocycles. The predicted molar refractivity (Wildman–Crippen MR) is 113 cm³/mol. The summed E-state index contributed by atoms with van der Waals surface area (Å²) in [6.07, 6.45) is 0. The standard InChI is InChI=1S/C22H25N3O4/c1-14-9-10-17(13-15(14)2)25-21(27)18-7-5-6-8-19(18)24(22(25)28)16(3)20(26)23-11-12-29-4/h5-10,13,16H,11-12H2,1-4H3,(H,23,26). The third-order valence-electron chi connectivity index (χ3n) is 5.12. The summed E-state index contributed by atoms with van der Waals surface area (Å²) in [6.45, 7) is 6.24. The van der Waals surface area contributed by atoms with Crippen LogP contribution in [0.5, 0.6) is 0 Å². The molecule has 7 heteroatoms. The molecule has 29 heavy (non-hydrogen) atoms. The van der Waals surface area contributed by atoms with Gasteiger partial charge in [-0.3, -0.25) is 14.2 Å². The number of carbonyl (C=O) groups is 1. The molecule has 0 spiro atoms. The molecule has 3 aromatic rings. The fourth-order valence-electron chi connectivity index (χ4n) is 3.29. The Kier molecular flexibility index (Phi) is 5.98. The van der Waals surface area contributed by atoms with Crippen molar-refractivity contribution in [3.05, 3.63) is 74.4 Å². The molecule has 152 valence electrons. The Hall–Kier alpha value is -3.19. The largest absolute Gasteiger partial charge is 0.383 e. The zero-order valence-electron chi connectivity index (χ0n) is 17.1. The van der Waals surface area contributed by atoms with Crippen LogP contribution in [-0.4, -0.2) is 35.3 Å². The number of ether oxygens (including phenoxy) is 1. The fourth-order valence-corrected chi connectivity index (χ4v) is 3.29. The molecule has 0 bridgehead atoms. The van der Waals surface area contributed by atoms with Gasteiger partial charge in [-0.15, -0.1) is 0 Å². The van der Waals surface area contributed by atoms with E-state index in [1.165, 1.54) is 4.57 Å². The highest BCUT2D eigenvalue weighted by Crippen LogP contribution is 2.16. The summed E-state index contributed by atoms with van der Waals surface area (Å²) in [4.78, 5) is 39.2. The van der Waals surface area contributed by atoms with Gasteiger partial charge in [-0.25, -0.2) is 9.36 Å². The maximum Gasteiger partial charge on any atom is 0.336 e. The summed E-state index contributed by atoms with van der Waals surface area (Å²) in [5, 5.41) is 3.13. The first kappa shape index (κ1) is 20.5. The SMILES string of the molecule is COCCNC(=O)C(C)n1c(=O)n(-c2ccc(C)c(C)c2)c(=O)c2ccccc21. The normalized spacial score (nSPS) is 12.1. The number of hydrogen-bond acceptors (Lipinski definition) is 4. The number of nitrogens with one attached hydrogen (secondary N) is 1. The number of para-hydroxylation sites is 1. The van der Waals surface area contributed by atoms with Gasteiger partial charge in [-0.1, -0.05) is 18.2 Å². The van der Waals surface area contributed by atoms with E-state index < -0.39 is 17.3 Å². The summed E-state index contributed by atoms with van der Waals surface area (Å²) in [5.41, 5.74) is 1.99. The van der Waals surface area contributed by atoms with Gasteiger partial charge in [0.15, 0.2) is 0 Å². The van der Waals surface area contributed by atoms with Gasteiger partial charge in [-0.05, 0) is 56.2 Å². The van der Waals surface area contributed by atoms with E-state index in [9.17, 15) is 14.4 Å². The van der Waals surface area contributed by atoms with Gasteiger partial charge in [-0.2, -0.15) is 0 Å². The van der Waals surface area contributed by atoms with Crippen molar-refractivity contribution in [3.63, 3.8) is 0 Å². The number of rotatable bonds is 6. The smallest absolute Gasteiger partial charge is 0.336 e. The van der Waals surface area contributed by atoms with Crippen LogP contribution in [0.2, 0.25) is 0 Å². The molecule has 0 saturated heterocycles. The summed E-state index contributed by atoms with van der Waals surface area (Å²) in [7, 11) is 1.55. The topological polar surface area (TPSA) is 82.3 Å². The van der Waals surface area contributed by atoms with Crippen LogP contribution in [0, 0.1) is 13.8 Å². The predicted octanol–water partition coefficient (Wildman–Crippen LogP) is 2.09. The molecule has 0 aliphatic rings. The first-order chi connectivity index (χ1) is 13.9. The van der Waals surface area contributed by atoms with Crippen LogP contribution in [0.25, 0.3) is 16.6 Å². The fraction of sp³-hybridized carbons (Fsp3) is 0.318. The lowest BCUT2D eigenvalue weighted by molar-refractivity contribution is -0.124. The van der Waals surface area contributed by atoms with Crippen molar-refractivity contribution in [2.45, 2.75) is 26.8 Å². The molecule has 1 unspecified atom stereocenters. The van der Waals surface area contributed by atoms with Crippen molar-refractivity contribution in [1.82, 2.24) is 14.5 Å². The van der Waals surface area contributed by atoms with E-state index >= 15 is 0 Å². The average Bonchev–Trinajstić information content (AvgIpc) is 2.70. The molecule has 1 N–H and O–H groups in total. The average molecular weight is 395 g/mol. The van der Waals surface area contributed by atoms with Gasteiger partial charge in [0.1, 0.15) is 6.04 Å². The highest BCUT2D eigenvalue weighted by molar-refractivity contribution is 5.84. The van der Waals surface area contributed by atoms with Crippen molar-refractivity contribution in [3.8, 4) is 5.69 Å². The third-order valence-corrected chi connectivity index (χ3v) is 5.12. The highest BCUT2D eigenvalue weighted by Gasteiger charge is 2.22. The number of hydrogen-bond donors (Lipinski definition) is 1. The van der Waals surface area contributed by atoms with Gasteiger partial charge in [0.25, 0.3) is 5.56 Å². The van der Waals surface area contributed by atoms with Crippen molar-refractivity contribution in [2.24, 2.45) is 0 Å². The molecular formula is C22H25N3O4. The number of aryl methyl sites for hydroxylation is 2. The Bertz CT molecular complexity index is 1180. The molecule has 0 aliphatic heterocycles. The van der Waals surface area contributed by atoms with Crippen LogP contribution in [0.4, 0.5) is 0 Å². The molecule has 7 nitrogen and oxygen atoms in total. The van der Waals surface area contributed by atoms with Gasteiger partial charge in [0.2, 0.25) is 5.91 Å². The summed E-state index contributed by atoms with van der Waals surface area (Å²) >= 11 is 0. The van der Waals surface area contributed by atoms with Crippen LogP contribution in [-0.2, 0) is 9.53 Å². The van der Waals surface area contributed by atoms with Crippen LogP contribution in [0.3, 0.4) is 0 Å². The highest BCUT2D eigenvalue weighted by atomic mass is 16.5. The van der Waals surface area contributed by atoms with Crippen molar-refractivity contribution < 1.29 is 9.53 Å². The summed E-state index contributed by atoms with van der Waals surface area (Å²) in [5.74, 6) is -0.320. The maximum absolute atomic E-state index is 13.4. The van der Waals surface area contributed by atoms with Crippen LogP contribution in [0.1, 0.15) is 24.1 Å². The molecule has 2 aromatic carbocycles. The van der Waals surface area contributed by atoms with Gasteiger partial charge >= 0.3 is 5.69 Å². The number of aromatic nitrogens is 2. The molecule has 1 aromatic heterocycles. The number of benzene rings is 2. The minimum atomic E-state index is -0.803. The zero-order valence-corrected chi connectivity index (χ0v) is 17.1. The lowest BCUT2D eigenvalue weighted by Gasteiger charge is -2.20. The second-order valence-electron chi connectivity index (χ2n) is 7.04. The second kappa shape index (κ2) is 8.45. The summed E-state index contributed by atoms with van der Waals surface area (Å²) in [6, 6.07) is 11.5. The van der Waals surface area contributed by atoms with E-state index in [1.54, 1.807) is 50.4 Å². The monoisotopic (exact) mass is 395 g/mol. The number of fused-ring (bicyclic) bond motifs is 1. The van der Waals surface area contributed by atoms with E-state index in [0.29, 0.717) is 29.7 Å².